The average molecular weight is 378 g/mol. The molecule has 146 valence electrons. The molecule has 4 nitrogen and oxygen atoms in total. The molecule has 0 amide bonds. The standard InChI is InChI=1S/C24H26O4/c1-14-13-24(2,3)12-6-5-7-15-8-9-16-20-18(11-10-17(25)22(20)27-4)28-23(26)21(16)19(14)15/h8-11,13,25H,5-7,12H2,1-4H3/b14-13-. The molecule has 0 unspecified atom stereocenters. The summed E-state index contributed by atoms with van der Waals surface area (Å²) in [5, 5.41) is 12.2. The van der Waals surface area contributed by atoms with Crippen LogP contribution in [0.4, 0.5) is 0 Å². The zero-order chi connectivity index (χ0) is 20.1. The highest BCUT2D eigenvalue weighted by molar-refractivity contribution is 6.11. The molecule has 0 saturated carbocycles. The Balaban J connectivity index is 2.18. The normalized spacial score (nSPS) is 18.6. The van der Waals surface area contributed by atoms with Gasteiger partial charge in [-0.1, -0.05) is 38.5 Å². The van der Waals surface area contributed by atoms with Gasteiger partial charge in [-0.3, -0.25) is 0 Å². The summed E-state index contributed by atoms with van der Waals surface area (Å²) in [5.41, 5.74) is 3.37. The van der Waals surface area contributed by atoms with E-state index in [1.165, 1.54) is 18.7 Å². The lowest BCUT2D eigenvalue weighted by Gasteiger charge is -2.21. The van der Waals surface area contributed by atoms with E-state index in [0.717, 1.165) is 42.2 Å². The number of phenolic OH excluding ortho intramolecular Hbond substituents is 1. The Morgan fingerprint density at radius 2 is 1.89 bits per heavy atom. The number of rotatable bonds is 1. The van der Waals surface area contributed by atoms with Gasteiger partial charge in [0.2, 0.25) is 0 Å². The molecule has 0 spiro atoms. The van der Waals surface area contributed by atoms with Crippen LogP contribution in [0.25, 0.3) is 27.3 Å². The van der Waals surface area contributed by atoms with Crippen molar-refractivity contribution in [3.05, 3.63) is 51.9 Å². The van der Waals surface area contributed by atoms with Crippen LogP contribution in [0.3, 0.4) is 0 Å². The van der Waals surface area contributed by atoms with Gasteiger partial charge in [0, 0.05) is 5.39 Å². The minimum atomic E-state index is -0.350. The van der Waals surface area contributed by atoms with Crippen LogP contribution in [0.1, 0.15) is 51.2 Å². The number of allylic oxidation sites excluding steroid dienone is 2. The van der Waals surface area contributed by atoms with Crippen LogP contribution >= 0.6 is 0 Å². The van der Waals surface area contributed by atoms with E-state index in [1.54, 1.807) is 6.07 Å². The quantitative estimate of drug-likeness (QED) is 0.428. The number of fused-ring (bicyclic) bond motifs is 5. The Hall–Kier alpha value is -2.75. The summed E-state index contributed by atoms with van der Waals surface area (Å²) in [6.45, 7) is 6.56. The Labute approximate surface area is 164 Å². The fourth-order valence-electron chi connectivity index (χ4n) is 4.60. The van der Waals surface area contributed by atoms with E-state index in [4.69, 9.17) is 9.15 Å². The van der Waals surface area contributed by atoms with Gasteiger partial charge in [-0.15, -0.1) is 0 Å². The van der Waals surface area contributed by atoms with E-state index in [2.05, 4.69) is 32.9 Å². The predicted octanol–water partition coefficient (Wildman–Crippen LogP) is 5.82. The molecule has 3 aromatic rings. The van der Waals surface area contributed by atoms with Gasteiger partial charge in [0.25, 0.3) is 0 Å². The second-order valence-electron chi connectivity index (χ2n) is 8.43. The van der Waals surface area contributed by atoms with Gasteiger partial charge in [0.1, 0.15) is 5.58 Å². The minimum Gasteiger partial charge on any atom is -0.504 e. The molecule has 2 aromatic carbocycles. The number of hydrogen-bond acceptors (Lipinski definition) is 4. The van der Waals surface area contributed by atoms with Crippen LogP contribution < -0.4 is 10.4 Å². The molecule has 28 heavy (non-hydrogen) atoms. The summed E-state index contributed by atoms with van der Waals surface area (Å²) in [6.07, 6.45) is 6.57. The monoisotopic (exact) mass is 378 g/mol. The summed E-state index contributed by atoms with van der Waals surface area (Å²) >= 11 is 0. The number of hydrogen-bond donors (Lipinski definition) is 1. The van der Waals surface area contributed by atoms with Gasteiger partial charge < -0.3 is 14.3 Å². The maximum Gasteiger partial charge on any atom is 0.344 e. The molecule has 0 fully saturated rings. The summed E-state index contributed by atoms with van der Waals surface area (Å²) < 4.78 is 11.1. The average Bonchev–Trinajstić information content (AvgIpc) is 2.69. The molecule has 1 N–H and O–H groups in total. The smallest absolute Gasteiger partial charge is 0.344 e. The highest BCUT2D eigenvalue weighted by atomic mass is 16.5. The summed E-state index contributed by atoms with van der Waals surface area (Å²) in [5.74, 6) is 0.360. The van der Waals surface area contributed by atoms with Crippen LogP contribution in [0.5, 0.6) is 11.5 Å². The third-order valence-corrected chi connectivity index (χ3v) is 5.79. The summed E-state index contributed by atoms with van der Waals surface area (Å²) in [4.78, 5) is 13.0. The second kappa shape index (κ2) is 6.69. The van der Waals surface area contributed by atoms with Gasteiger partial charge in [0.15, 0.2) is 11.5 Å². The van der Waals surface area contributed by atoms with Crippen molar-refractivity contribution in [2.24, 2.45) is 5.41 Å². The zero-order valence-corrected chi connectivity index (χ0v) is 16.9. The van der Waals surface area contributed by atoms with E-state index in [1.807, 2.05) is 6.07 Å². The topological polar surface area (TPSA) is 59.7 Å². The SMILES string of the molecule is COc1c(O)ccc2oc(=O)c3c4c(ccc3c12)CCCCC(C)(C)/C=C\4C. The molecule has 1 aliphatic carbocycles. The highest BCUT2D eigenvalue weighted by Crippen LogP contribution is 2.41. The third-order valence-electron chi connectivity index (χ3n) is 5.79. The molecule has 0 aliphatic heterocycles. The van der Waals surface area contributed by atoms with Gasteiger partial charge in [0.05, 0.1) is 17.9 Å². The van der Waals surface area contributed by atoms with Gasteiger partial charge in [-0.25, -0.2) is 4.79 Å². The third kappa shape index (κ3) is 2.97. The van der Waals surface area contributed by atoms with Crippen LogP contribution in [-0.2, 0) is 6.42 Å². The molecule has 1 aliphatic rings. The van der Waals surface area contributed by atoms with Crippen molar-refractivity contribution in [1.29, 1.82) is 0 Å². The maximum atomic E-state index is 13.0. The summed E-state index contributed by atoms with van der Waals surface area (Å²) in [6, 6.07) is 7.17. The number of aryl methyl sites for hydroxylation is 1. The molecular formula is C24H26O4. The lowest BCUT2D eigenvalue weighted by Crippen LogP contribution is -2.08. The van der Waals surface area contributed by atoms with E-state index in [-0.39, 0.29) is 16.8 Å². The molecule has 0 saturated heterocycles. The lowest BCUT2D eigenvalue weighted by molar-refractivity contribution is 0.377. The van der Waals surface area contributed by atoms with Gasteiger partial charge in [-0.2, -0.15) is 0 Å². The maximum absolute atomic E-state index is 13.0. The first-order chi connectivity index (χ1) is 13.3. The van der Waals surface area contributed by atoms with Crippen molar-refractivity contribution >= 4 is 27.3 Å². The van der Waals surface area contributed by atoms with Crippen LogP contribution in [-0.4, -0.2) is 12.2 Å². The van der Waals surface area contributed by atoms with Gasteiger partial charge >= 0.3 is 5.63 Å². The van der Waals surface area contributed by atoms with Gasteiger partial charge in [-0.05, 0) is 60.4 Å². The first-order valence-corrected chi connectivity index (χ1v) is 9.80. The van der Waals surface area contributed by atoms with Crippen molar-refractivity contribution in [3.63, 3.8) is 0 Å². The van der Waals surface area contributed by atoms with E-state index in [9.17, 15) is 9.90 Å². The van der Waals surface area contributed by atoms with E-state index < -0.39 is 0 Å². The fraction of sp³-hybridized carbons (Fsp3) is 0.375. The molecule has 0 bridgehead atoms. The lowest BCUT2D eigenvalue weighted by atomic mass is 9.84. The van der Waals surface area contributed by atoms with Crippen molar-refractivity contribution in [1.82, 2.24) is 0 Å². The molecule has 0 radical (unpaired) electrons. The van der Waals surface area contributed by atoms with Crippen molar-refractivity contribution in [2.75, 3.05) is 7.11 Å². The van der Waals surface area contributed by atoms with Crippen molar-refractivity contribution < 1.29 is 14.3 Å². The molecular weight excluding hydrogens is 352 g/mol. The number of phenols is 1. The number of methoxy groups -OCH3 is 1. The first-order valence-electron chi connectivity index (χ1n) is 9.80. The Morgan fingerprint density at radius 3 is 2.64 bits per heavy atom. The number of benzene rings is 2. The Morgan fingerprint density at radius 1 is 1.11 bits per heavy atom. The van der Waals surface area contributed by atoms with Crippen molar-refractivity contribution in [3.8, 4) is 11.5 Å². The van der Waals surface area contributed by atoms with E-state index >= 15 is 0 Å². The van der Waals surface area contributed by atoms with Crippen LogP contribution in [0.2, 0.25) is 0 Å². The van der Waals surface area contributed by atoms with Crippen LogP contribution in [0, 0.1) is 5.41 Å². The Bertz CT molecular complexity index is 1160. The molecule has 0 atom stereocenters. The second-order valence-corrected chi connectivity index (χ2v) is 8.43. The van der Waals surface area contributed by atoms with E-state index in [0.29, 0.717) is 22.1 Å². The number of aromatic hydroxyl groups is 1. The van der Waals surface area contributed by atoms with Crippen LogP contribution in [0.15, 0.2) is 39.6 Å². The molecule has 4 rings (SSSR count). The largest absolute Gasteiger partial charge is 0.504 e. The van der Waals surface area contributed by atoms with Crippen molar-refractivity contribution in [2.45, 2.75) is 46.5 Å². The molecule has 4 heteroatoms. The molecule has 1 aromatic heterocycles. The fourth-order valence-corrected chi connectivity index (χ4v) is 4.60. The number of ether oxygens (including phenoxy) is 1. The first kappa shape index (κ1) is 18.6. The highest BCUT2D eigenvalue weighted by Gasteiger charge is 2.23. The minimum absolute atomic E-state index is 0.0297. The Kier molecular flexibility index (Phi) is 4.45. The molecule has 1 heterocycles. The predicted molar refractivity (Wildman–Crippen MR) is 113 cm³/mol. The zero-order valence-electron chi connectivity index (χ0n) is 16.9. The summed E-state index contributed by atoms with van der Waals surface area (Å²) in [7, 11) is 1.51.